The van der Waals surface area contributed by atoms with Crippen LogP contribution in [0.1, 0.15) is 31.2 Å². The molecule has 104 valence electrons. The number of carbonyl (C=O) groups excluding carboxylic acids is 1. The van der Waals surface area contributed by atoms with Crippen LogP contribution in [0, 0.1) is 22.3 Å². The fraction of sp³-hybridized carbons (Fsp3) is 0.533. The van der Waals surface area contributed by atoms with Crippen LogP contribution in [0.3, 0.4) is 0 Å². The van der Waals surface area contributed by atoms with E-state index in [4.69, 9.17) is 5.73 Å². The first kappa shape index (κ1) is 14.8. The summed E-state index contributed by atoms with van der Waals surface area (Å²) in [7, 11) is 0. The van der Waals surface area contributed by atoms with Crippen molar-refractivity contribution in [3.8, 4) is 0 Å². The third kappa shape index (κ3) is 3.92. The second-order valence-corrected chi connectivity index (χ2v) is 6.65. The number of hydrogen-bond donors (Lipinski definition) is 2. The number of halogens is 1. The number of carbonyl (C=O) groups is 1. The monoisotopic (exact) mass is 372 g/mol. The zero-order chi connectivity index (χ0) is 13.8. The van der Waals surface area contributed by atoms with Crippen LogP contribution >= 0.6 is 22.6 Å². The lowest BCUT2D eigenvalue weighted by molar-refractivity contribution is -0.121. The predicted molar refractivity (Wildman–Crippen MR) is 87.0 cm³/mol. The van der Waals surface area contributed by atoms with E-state index in [1.807, 2.05) is 19.1 Å². The van der Waals surface area contributed by atoms with E-state index < -0.39 is 0 Å². The molecule has 1 saturated carbocycles. The lowest BCUT2D eigenvalue weighted by Crippen LogP contribution is -2.29. The summed E-state index contributed by atoms with van der Waals surface area (Å²) in [6.07, 6.45) is 4.11. The van der Waals surface area contributed by atoms with Gasteiger partial charge in [0.25, 0.3) is 0 Å². The predicted octanol–water partition coefficient (Wildman–Crippen LogP) is 3.30. The summed E-state index contributed by atoms with van der Waals surface area (Å²) in [6, 6.07) is 6.09. The molecule has 0 saturated heterocycles. The standard InChI is InChI=1S/C15H21IN2O/c1-10-8-13(16)6-7-14(10)18-15(19)12-4-2-11(9-17)3-5-12/h6-8,11-12H,2-5,9,17H2,1H3,(H,18,19). The topological polar surface area (TPSA) is 55.1 Å². The first-order valence-electron chi connectivity index (χ1n) is 6.87. The zero-order valence-corrected chi connectivity index (χ0v) is 13.4. The number of nitrogens with two attached hydrogens (primary N) is 1. The van der Waals surface area contributed by atoms with Crippen molar-refractivity contribution >= 4 is 34.2 Å². The second-order valence-electron chi connectivity index (χ2n) is 5.40. The van der Waals surface area contributed by atoms with Crippen molar-refractivity contribution in [2.75, 3.05) is 11.9 Å². The summed E-state index contributed by atoms with van der Waals surface area (Å²) in [5.41, 5.74) is 7.74. The van der Waals surface area contributed by atoms with Crippen LogP contribution in [-0.2, 0) is 4.79 Å². The average molecular weight is 372 g/mol. The van der Waals surface area contributed by atoms with E-state index in [1.165, 1.54) is 3.57 Å². The third-order valence-electron chi connectivity index (χ3n) is 4.00. The maximum absolute atomic E-state index is 12.3. The fourth-order valence-electron chi connectivity index (χ4n) is 2.66. The van der Waals surface area contributed by atoms with Crippen LogP contribution in [0.2, 0.25) is 0 Å². The van der Waals surface area contributed by atoms with Crippen LogP contribution in [0.5, 0.6) is 0 Å². The minimum absolute atomic E-state index is 0.154. The molecule has 1 aliphatic rings. The van der Waals surface area contributed by atoms with Gasteiger partial charge in [-0.3, -0.25) is 4.79 Å². The minimum Gasteiger partial charge on any atom is -0.330 e. The molecule has 0 unspecified atom stereocenters. The first-order chi connectivity index (χ1) is 9.10. The lowest BCUT2D eigenvalue weighted by Gasteiger charge is -2.27. The summed E-state index contributed by atoms with van der Waals surface area (Å²) in [4.78, 5) is 12.3. The molecule has 1 aliphatic carbocycles. The number of amides is 1. The SMILES string of the molecule is Cc1cc(I)ccc1NC(=O)C1CCC(CN)CC1. The number of rotatable bonds is 3. The van der Waals surface area contributed by atoms with Gasteiger partial charge >= 0.3 is 0 Å². The molecule has 0 heterocycles. The van der Waals surface area contributed by atoms with Crippen molar-refractivity contribution in [2.24, 2.45) is 17.6 Å². The molecule has 19 heavy (non-hydrogen) atoms. The molecule has 0 aromatic heterocycles. The van der Waals surface area contributed by atoms with Gasteiger partial charge in [0, 0.05) is 15.2 Å². The van der Waals surface area contributed by atoms with Crippen LogP contribution in [-0.4, -0.2) is 12.5 Å². The van der Waals surface area contributed by atoms with Gasteiger partial charge in [0.05, 0.1) is 0 Å². The summed E-state index contributed by atoms with van der Waals surface area (Å²) in [6.45, 7) is 2.79. The van der Waals surface area contributed by atoms with E-state index in [-0.39, 0.29) is 11.8 Å². The highest BCUT2D eigenvalue weighted by Crippen LogP contribution is 2.29. The molecule has 0 atom stereocenters. The molecule has 4 heteroatoms. The van der Waals surface area contributed by atoms with Gasteiger partial charge in [-0.2, -0.15) is 0 Å². The third-order valence-corrected chi connectivity index (χ3v) is 4.67. The Morgan fingerprint density at radius 1 is 1.37 bits per heavy atom. The Morgan fingerprint density at radius 3 is 2.63 bits per heavy atom. The Bertz CT molecular complexity index is 453. The Morgan fingerprint density at radius 2 is 2.05 bits per heavy atom. The lowest BCUT2D eigenvalue weighted by atomic mass is 9.81. The van der Waals surface area contributed by atoms with E-state index in [9.17, 15) is 4.79 Å². The van der Waals surface area contributed by atoms with E-state index >= 15 is 0 Å². The maximum Gasteiger partial charge on any atom is 0.227 e. The number of aryl methyl sites for hydroxylation is 1. The highest BCUT2D eigenvalue weighted by molar-refractivity contribution is 14.1. The quantitative estimate of drug-likeness (QED) is 0.800. The van der Waals surface area contributed by atoms with Gasteiger partial charge in [0.15, 0.2) is 0 Å². The van der Waals surface area contributed by atoms with E-state index in [2.05, 4.69) is 34.0 Å². The molecule has 3 nitrogen and oxygen atoms in total. The van der Waals surface area contributed by atoms with Crippen molar-refractivity contribution in [3.63, 3.8) is 0 Å². The van der Waals surface area contributed by atoms with Gasteiger partial charge in [-0.1, -0.05) is 0 Å². The summed E-state index contributed by atoms with van der Waals surface area (Å²) in [5.74, 6) is 0.936. The van der Waals surface area contributed by atoms with Crippen LogP contribution < -0.4 is 11.1 Å². The van der Waals surface area contributed by atoms with E-state index in [0.717, 1.165) is 43.5 Å². The Hall–Kier alpha value is -0.620. The molecule has 1 fully saturated rings. The molecule has 0 spiro atoms. The molecule has 1 aromatic rings. The van der Waals surface area contributed by atoms with Crippen LogP contribution in [0.4, 0.5) is 5.69 Å². The van der Waals surface area contributed by atoms with Crippen molar-refractivity contribution in [1.82, 2.24) is 0 Å². The van der Waals surface area contributed by atoms with E-state index in [0.29, 0.717) is 5.92 Å². The number of hydrogen-bond acceptors (Lipinski definition) is 2. The van der Waals surface area contributed by atoms with Gasteiger partial charge in [0.1, 0.15) is 0 Å². The molecule has 0 radical (unpaired) electrons. The highest BCUT2D eigenvalue weighted by Gasteiger charge is 2.25. The molecular formula is C15H21IN2O. The number of nitrogens with one attached hydrogen (secondary N) is 1. The summed E-state index contributed by atoms with van der Waals surface area (Å²) in [5, 5.41) is 3.07. The zero-order valence-electron chi connectivity index (χ0n) is 11.3. The molecule has 1 amide bonds. The van der Waals surface area contributed by atoms with Crippen LogP contribution in [0.15, 0.2) is 18.2 Å². The van der Waals surface area contributed by atoms with Crippen molar-refractivity contribution in [2.45, 2.75) is 32.6 Å². The van der Waals surface area contributed by atoms with Crippen molar-refractivity contribution < 1.29 is 4.79 Å². The first-order valence-corrected chi connectivity index (χ1v) is 7.95. The molecule has 0 aliphatic heterocycles. The van der Waals surface area contributed by atoms with Gasteiger partial charge < -0.3 is 11.1 Å². The fourth-order valence-corrected chi connectivity index (χ4v) is 3.31. The highest BCUT2D eigenvalue weighted by atomic mass is 127. The summed E-state index contributed by atoms with van der Waals surface area (Å²) < 4.78 is 1.19. The van der Waals surface area contributed by atoms with Gasteiger partial charge in [-0.25, -0.2) is 0 Å². The van der Waals surface area contributed by atoms with Crippen LogP contribution in [0.25, 0.3) is 0 Å². The van der Waals surface area contributed by atoms with Gasteiger partial charge in [-0.05, 0) is 91.4 Å². The molecular weight excluding hydrogens is 351 g/mol. The number of benzene rings is 1. The molecule has 0 bridgehead atoms. The molecule has 3 N–H and O–H groups in total. The van der Waals surface area contributed by atoms with E-state index in [1.54, 1.807) is 0 Å². The van der Waals surface area contributed by atoms with Gasteiger partial charge in [0.2, 0.25) is 5.91 Å². The largest absolute Gasteiger partial charge is 0.330 e. The average Bonchev–Trinajstić information content (AvgIpc) is 2.42. The number of anilines is 1. The Kier molecular flexibility index (Phi) is 5.21. The molecule has 2 rings (SSSR count). The Balaban J connectivity index is 1.94. The van der Waals surface area contributed by atoms with Gasteiger partial charge in [-0.15, -0.1) is 0 Å². The van der Waals surface area contributed by atoms with Crippen molar-refractivity contribution in [3.05, 3.63) is 27.3 Å². The Labute approximate surface area is 128 Å². The minimum atomic E-state index is 0.154. The van der Waals surface area contributed by atoms with Crippen molar-refractivity contribution in [1.29, 1.82) is 0 Å². The second kappa shape index (κ2) is 6.70. The normalized spacial score (nSPS) is 23.1. The maximum atomic E-state index is 12.3. The molecule has 1 aromatic carbocycles. The summed E-state index contributed by atoms with van der Waals surface area (Å²) >= 11 is 2.28. The smallest absolute Gasteiger partial charge is 0.227 e.